The zero-order valence-electron chi connectivity index (χ0n) is 16.8. The molecule has 1 fully saturated rings. The van der Waals surface area contributed by atoms with Crippen molar-refractivity contribution in [1.29, 1.82) is 0 Å². The van der Waals surface area contributed by atoms with Gasteiger partial charge in [-0.25, -0.2) is 4.79 Å². The number of carbonyl (C=O) groups excluding carboxylic acids is 2. The Labute approximate surface area is 164 Å². The van der Waals surface area contributed by atoms with E-state index >= 15 is 0 Å². The second-order valence-corrected chi connectivity index (χ2v) is 6.94. The molecule has 3 heterocycles. The molecule has 0 radical (unpaired) electrons. The van der Waals surface area contributed by atoms with Crippen LogP contribution in [0.1, 0.15) is 49.7 Å². The molecule has 0 aromatic carbocycles. The minimum absolute atomic E-state index is 0.0852. The number of nitrogens with one attached hydrogen (secondary N) is 2. The number of carbonyl (C=O) groups is 2. The van der Waals surface area contributed by atoms with Crippen LogP contribution < -0.4 is 5.32 Å². The van der Waals surface area contributed by atoms with Gasteiger partial charge in [0.1, 0.15) is 17.2 Å². The zero-order valence-corrected chi connectivity index (χ0v) is 16.8. The number of hydrogen-bond donors (Lipinski definition) is 2. The number of esters is 1. The highest BCUT2D eigenvalue weighted by Gasteiger charge is 2.27. The van der Waals surface area contributed by atoms with Crippen LogP contribution in [-0.2, 0) is 9.47 Å². The van der Waals surface area contributed by atoms with Crippen LogP contribution in [0.2, 0.25) is 0 Å². The van der Waals surface area contributed by atoms with Crippen molar-refractivity contribution in [2.45, 2.75) is 26.8 Å². The van der Waals surface area contributed by atoms with E-state index in [-0.39, 0.29) is 11.9 Å². The highest BCUT2D eigenvalue weighted by atomic mass is 16.5. The molecule has 152 valence electrons. The van der Waals surface area contributed by atoms with Crippen molar-refractivity contribution in [3.63, 3.8) is 0 Å². The standard InChI is InChI=1S/C20H27N3O5/c1-12-5-6-16(28-12)15(23-7-9-27-10-8-23)11-21-19(24)18-13(2)17(14(3)22-18)20(25)26-4/h5-6,15,22H,7-11H2,1-4H3,(H,21,24). The SMILES string of the molecule is COC(=O)c1c(C)[nH]c(C(=O)NCC(c2ccc(C)o2)N2CCOCC2)c1C. The van der Waals surface area contributed by atoms with Gasteiger partial charge in [-0.05, 0) is 38.5 Å². The van der Waals surface area contributed by atoms with Crippen molar-refractivity contribution in [2.24, 2.45) is 0 Å². The highest BCUT2D eigenvalue weighted by molar-refractivity contribution is 6.00. The summed E-state index contributed by atoms with van der Waals surface area (Å²) in [5, 5.41) is 2.98. The first-order valence-corrected chi connectivity index (χ1v) is 9.36. The number of aromatic nitrogens is 1. The van der Waals surface area contributed by atoms with Gasteiger partial charge in [0.25, 0.3) is 5.91 Å². The Morgan fingerprint density at radius 2 is 1.96 bits per heavy atom. The van der Waals surface area contributed by atoms with Crippen LogP contribution in [0, 0.1) is 20.8 Å². The first-order valence-electron chi connectivity index (χ1n) is 9.36. The van der Waals surface area contributed by atoms with Gasteiger partial charge in [-0.1, -0.05) is 0 Å². The van der Waals surface area contributed by atoms with Crippen molar-refractivity contribution in [3.05, 3.63) is 46.2 Å². The average molecular weight is 389 g/mol. The maximum absolute atomic E-state index is 12.8. The summed E-state index contributed by atoms with van der Waals surface area (Å²) in [5.41, 5.74) is 1.97. The number of aromatic amines is 1. The van der Waals surface area contributed by atoms with E-state index in [1.165, 1.54) is 7.11 Å². The van der Waals surface area contributed by atoms with Gasteiger partial charge in [0, 0.05) is 25.3 Å². The lowest BCUT2D eigenvalue weighted by molar-refractivity contribution is 0.0117. The minimum Gasteiger partial charge on any atom is -0.465 e. The molecule has 2 aromatic heterocycles. The van der Waals surface area contributed by atoms with Gasteiger partial charge in [0.2, 0.25) is 0 Å². The number of nitrogens with zero attached hydrogens (tertiary/aromatic N) is 1. The molecule has 3 rings (SSSR count). The third-order valence-electron chi connectivity index (χ3n) is 5.09. The molecule has 8 nitrogen and oxygen atoms in total. The molecule has 2 N–H and O–H groups in total. The van der Waals surface area contributed by atoms with Crippen molar-refractivity contribution >= 4 is 11.9 Å². The van der Waals surface area contributed by atoms with Gasteiger partial charge in [-0.3, -0.25) is 9.69 Å². The fourth-order valence-electron chi connectivity index (χ4n) is 3.59. The summed E-state index contributed by atoms with van der Waals surface area (Å²) in [6.07, 6.45) is 0. The number of furan rings is 1. The summed E-state index contributed by atoms with van der Waals surface area (Å²) < 4.78 is 16.1. The Morgan fingerprint density at radius 3 is 2.57 bits per heavy atom. The lowest BCUT2D eigenvalue weighted by Gasteiger charge is -2.33. The van der Waals surface area contributed by atoms with Crippen LogP contribution >= 0.6 is 0 Å². The Kier molecular flexibility index (Phi) is 6.21. The number of aryl methyl sites for hydroxylation is 2. The van der Waals surface area contributed by atoms with Crippen molar-refractivity contribution in [1.82, 2.24) is 15.2 Å². The number of H-pyrrole nitrogens is 1. The van der Waals surface area contributed by atoms with Crippen molar-refractivity contribution in [2.75, 3.05) is 40.0 Å². The highest BCUT2D eigenvalue weighted by Crippen LogP contribution is 2.24. The molecule has 8 heteroatoms. The predicted molar refractivity (Wildman–Crippen MR) is 103 cm³/mol. The smallest absolute Gasteiger partial charge is 0.339 e. The average Bonchev–Trinajstić information content (AvgIpc) is 3.25. The van der Waals surface area contributed by atoms with Crippen LogP contribution in [0.4, 0.5) is 0 Å². The maximum atomic E-state index is 12.8. The van der Waals surface area contributed by atoms with Gasteiger partial charge >= 0.3 is 5.97 Å². The van der Waals surface area contributed by atoms with E-state index in [0.29, 0.717) is 42.3 Å². The number of methoxy groups -OCH3 is 1. The number of ether oxygens (including phenoxy) is 2. The minimum atomic E-state index is -0.456. The summed E-state index contributed by atoms with van der Waals surface area (Å²) in [6.45, 7) is 8.62. The zero-order chi connectivity index (χ0) is 20.3. The Balaban J connectivity index is 1.76. The van der Waals surface area contributed by atoms with Crippen LogP contribution in [0.25, 0.3) is 0 Å². The summed E-state index contributed by atoms with van der Waals surface area (Å²) in [6, 6.07) is 3.78. The summed E-state index contributed by atoms with van der Waals surface area (Å²) in [7, 11) is 1.33. The molecule has 1 atom stereocenters. The summed E-state index contributed by atoms with van der Waals surface area (Å²) >= 11 is 0. The van der Waals surface area contributed by atoms with E-state index in [1.807, 2.05) is 19.1 Å². The largest absolute Gasteiger partial charge is 0.465 e. The Bertz CT molecular complexity index is 848. The molecule has 1 amide bonds. The first-order chi connectivity index (χ1) is 13.4. The topological polar surface area (TPSA) is 96.8 Å². The second kappa shape index (κ2) is 8.62. The molecular weight excluding hydrogens is 362 g/mol. The number of rotatable bonds is 6. The monoisotopic (exact) mass is 389 g/mol. The van der Waals surface area contributed by atoms with E-state index in [0.717, 1.165) is 24.6 Å². The van der Waals surface area contributed by atoms with E-state index < -0.39 is 5.97 Å². The van der Waals surface area contributed by atoms with Crippen molar-refractivity contribution in [3.8, 4) is 0 Å². The molecule has 28 heavy (non-hydrogen) atoms. The molecule has 0 saturated carbocycles. The molecular formula is C20H27N3O5. The molecule has 0 bridgehead atoms. The van der Waals surface area contributed by atoms with Crippen LogP contribution in [0.5, 0.6) is 0 Å². The molecule has 1 aliphatic heterocycles. The molecule has 1 unspecified atom stereocenters. The normalized spacial score (nSPS) is 16.0. The fraction of sp³-hybridized carbons (Fsp3) is 0.500. The summed E-state index contributed by atoms with van der Waals surface area (Å²) in [5.74, 6) is 0.923. The first kappa shape index (κ1) is 20.2. The van der Waals surface area contributed by atoms with E-state index in [9.17, 15) is 9.59 Å². The third-order valence-corrected chi connectivity index (χ3v) is 5.09. The Morgan fingerprint density at radius 1 is 1.25 bits per heavy atom. The van der Waals surface area contributed by atoms with E-state index in [2.05, 4.69) is 15.2 Å². The van der Waals surface area contributed by atoms with Gasteiger partial charge in [0.15, 0.2) is 0 Å². The molecule has 2 aromatic rings. The molecule has 1 saturated heterocycles. The van der Waals surface area contributed by atoms with Gasteiger partial charge < -0.3 is 24.2 Å². The number of morpholine rings is 1. The van der Waals surface area contributed by atoms with Gasteiger partial charge in [0.05, 0.1) is 31.9 Å². The van der Waals surface area contributed by atoms with E-state index in [1.54, 1.807) is 13.8 Å². The van der Waals surface area contributed by atoms with Crippen LogP contribution in [0.15, 0.2) is 16.5 Å². The number of amides is 1. The third kappa shape index (κ3) is 4.13. The summed E-state index contributed by atoms with van der Waals surface area (Å²) in [4.78, 5) is 30.0. The van der Waals surface area contributed by atoms with Gasteiger partial charge in [-0.15, -0.1) is 0 Å². The Hall–Kier alpha value is -2.58. The predicted octanol–water partition coefficient (Wildman–Crippen LogP) is 2.12. The van der Waals surface area contributed by atoms with Crippen LogP contribution in [-0.4, -0.2) is 61.7 Å². The second-order valence-electron chi connectivity index (χ2n) is 6.94. The maximum Gasteiger partial charge on any atom is 0.339 e. The lowest BCUT2D eigenvalue weighted by Crippen LogP contribution is -2.43. The fourth-order valence-corrected chi connectivity index (χ4v) is 3.59. The lowest BCUT2D eigenvalue weighted by atomic mass is 10.1. The molecule has 0 spiro atoms. The molecule has 1 aliphatic rings. The van der Waals surface area contributed by atoms with E-state index in [4.69, 9.17) is 13.9 Å². The van der Waals surface area contributed by atoms with Crippen molar-refractivity contribution < 1.29 is 23.5 Å². The molecule has 0 aliphatic carbocycles. The van der Waals surface area contributed by atoms with Crippen LogP contribution in [0.3, 0.4) is 0 Å². The number of hydrogen-bond acceptors (Lipinski definition) is 6. The van der Waals surface area contributed by atoms with Gasteiger partial charge in [-0.2, -0.15) is 0 Å². The quantitative estimate of drug-likeness (QED) is 0.735.